The van der Waals surface area contributed by atoms with Crippen LogP contribution in [0.2, 0.25) is 0 Å². The van der Waals surface area contributed by atoms with E-state index in [1.807, 2.05) is 6.07 Å². The number of nitrogen functional groups attached to an aromatic ring is 1. The van der Waals surface area contributed by atoms with Crippen LogP contribution in [0.5, 0.6) is 5.75 Å². The molecule has 0 aliphatic heterocycles. The monoisotopic (exact) mass is 275 g/mol. The van der Waals surface area contributed by atoms with Crippen molar-refractivity contribution in [3.8, 4) is 11.8 Å². The second-order valence-corrected chi connectivity index (χ2v) is 4.52. The Hall–Kier alpha value is -2.22. The molecule has 0 aromatic heterocycles. The van der Waals surface area contributed by atoms with E-state index in [1.165, 1.54) is 12.8 Å². The van der Waals surface area contributed by atoms with Gasteiger partial charge in [-0.2, -0.15) is 5.26 Å². The first kappa shape index (κ1) is 15.8. The molecule has 0 unspecified atom stereocenters. The van der Waals surface area contributed by atoms with Gasteiger partial charge in [-0.1, -0.05) is 26.2 Å². The predicted octanol–water partition coefficient (Wildman–Crippen LogP) is 2.48. The molecule has 0 radical (unpaired) electrons. The minimum Gasteiger partial charge on any atom is -0.477 e. The second kappa shape index (κ2) is 8.81. The number of carbonyl (C=O) groups excluding carboxylic acids is 1. The SMILES string of the molecule is CCCCCCNC(=O)c1ccc(N)c(OCC#N)c1. The highest BCUT2D eigenvalue weighted by Gasteiger charge is 2.08. The Bertz CT molecular complexity index is 480. The van der Waals surface area contributed by atoms with Crippen LogP contribution in [0.1, 0.15) is 43.0 Å². The third-order valence-corrected chi connectivity index (χ3v) is 2.88. The summed E-state index contributed by atoms with van der Waals surface area (Å²) in [4.78, 5) is 11.9. The third-order valence-electron chi connectivity index (χ3n) is 2.88. The first-order valence-electron chi connectivity index (χ1n) is 6.86. The van der Waals surface area contributed by atoms with E-state index < -0.39 is 0 Å². The van der Waals surface area contributed by atoms with E-state index in [4.69, 9.17) is 15.7 Å². The number of benzene rings is 1. The average Bonchev–Trinajstić information content (AvgIpc) is 2.46. The van der Waals surface area contributed by atoms with Crippen molar-refractivity contribution in [2.24, 2.45) is 0 Å². The van der Waals surface area contributed by atoms with Crippen LogP contribution in [0.3, 0.4) is 0 Å². The first-order valence-corrected chi connectivity index (χ1v) is 6.86. The number of rotatable bonds is 8. The highest BCUT2D eigenvalue weighted by Crippen LogP contribution is 2.22. The summed E-state index contributed by atoms with van der Waals surface area (Å²) >= 11 is 0. The van der Waals surface area contributed by atoms with Gasteiger partial charge in [0.25, 0.3) is 5.91 Å². The lowest BCUT2D eigenvalue weighted by molar-refractivity contribution is 0.0952. The van der Waals surface area contributed by atoms with E-state index in [1.54, 1.807) is 18.2 Å². The van der Waals surface area contributed by atoms with E-state index in [2.05, 4.69) is 12.2 Å². The molecule has 0 heterocycles. The molecule has 0 atom stereocenters. The molecule has 5 nitrogen and oxygen atoms in total. The van der Waals surface area contributed by atoms with E-state index in [0.717, 1.165) is 12.8 Å². The Labute approximate surface area is 119 Å². The molecule has 1 rings (SSSR count). The normalized spacial score (nSPS) is 9.80. The molecular formula is C15H21N3O2. The summed E-state index contributed by atoms with van der Waals surface area (Å²) in [6.45, 7) is 2.72. The zero-order valence-corrected chi connectivity index (χ0v) is 11.8. The van der Waals surface area contributed by atoms with Crippen LogP contribution in [0, 0.1) is 11.3 Å². The molecule has 1 aromatic rings. The number of hydrogen-bond acceptors (Lipinski definition) is 4. The number of hydrogen-bond donors (Lipinski definition) is 2. The van der Waals surface area contributed by atoms with Crippen molar-refractivity contribution in [3.63, 3.8) is 0 Å². The maximum atomic E-state index is 11.9. The fourth-order valence-electron chi connectivity index (χ4n) is 1.77. The molecule has 3 N–H and O–H groups in total. The van der Waals surface area contributed by atoms with Gasteiger partial charge in [0.05, 0.1) is 5.69 Å². The van der Waals surface area contributed by atoms with Crippen LogP contribution in [-0.2, 0) is 0 Å². The van der Waals surface area contributed by atoms with Crippen LogP contribution < -0.4 is 15.8 Å². The number of nitrogens with zero attached hydrogens (tertiary/aromatic N) is 1. The summed E-state index contributed by atoms with van der Waals surface area (Å²) in [7, 11) is 0. The van der Waals surface area contributed by atoms with Gasteiger partial charge in [-0.05, 0) is 24.6 Å². The Morgan fingerprint density at radius 1 is 1.40 bits per heavy atom. The molecule has 108 valence electrons. The minimum absolute atomic E-state index is 0.0910. The van der Waals surface area contributed by atoms with E-state index in [9.17, 15) is 4.79 Å². The fraction of sp³-hybridized carbons (Fsp3) is 0.467. The number of nitriles is 1. The summed E-state index contributed by atoms with van der Waals surface area (Å²) in [6.07, 6.45) is 4.46. The van der Waals surface area contributed by atoms with Crippen LogP contribution in [0.4, 0.5) is 5.69 Å². The topological polar surface area (TPSA) is 88.1 Å². The first-order chi connectivity index (χ1) is 9.69. The van der Waals surface area contributed by atoms with Crippen molar-refractivity contribution in [1.82, 2.24) is 5.32 Å². The largest absolute Gasteiger partial charge is 0.477 e. The molecule has 0 aliphatic rings. The van der Waals surface area contributed by atoms with Gasteiger partial charge in [-0.15, -0.1) is 0 Å². The number of nitrogens with two attached hydrogens (primary N) is 1. The van der Waals surface area contributed by atoms with Crippen molar-refractivity contribution in [3.05, 3.63) is 23.8 Å². The molecule has 5 heteroatoms. The van der Waals surface area contributed by atoms with Gasteiger partial charge < -0.3 is 15.8 Å². The molecular weight excluding hydrogens is 254 g/mol. The molecule has 0 aliphatic carbocycles. The van der Waals surface area contributed by atoms with Gasteiger partial charge in [-0.3, -0.25) is 4.79 Å². The summed E-state index contributed by atoms with van der Waals surface area (Å²) in [5.41, 5.74) is 6.62. The molecule has 1 amide bonds. The zero-order chi connectivity index (χ0) is 14.8. The smallest absolute Gasteiger partial charge is 0.251 e. The zero-order valence-electron chi connectivity index (χ0n) is 11.8. The van der Waals surface area contributed by atoms with Gasteiger partial charge in [0.2, 0.25) is 0 Å². The van der Waals surface area contributed by atoms with Crippen LogP contribution >= 0.6 is 0 Å². The number of nitrogens with one attached hydrogen (secondary N) is 1. The van der Waals surface area contributed by atoms with Crippen LogP contribution in [0.25, 0.3) is 0 Å². The van der Waals surface area contributed by atoms with Crippen molar-refractivity contribution in [2.75, 3.05) is 18.9 Å². The molecule has 0 fully saturated rings. The Morgan fingerprint density at radius 3 is 2.90 bits per heavy atom. The number of ether oxygens (including phenoxy) is 1. The number of unbranched alkanes of at least 4 members (excludes halogenated alkanes) is 3. The van der Waals surface area contributed by atoms with Gasteiger partial charge in [0.1, 0.15) is 11.8 Å². The average molecular weight is 275 g/mol. The van der Waals surface area contributed by atoms with Gasteiger partial charge in [0, 0.05) is 12.1 Å². The number of amides is 1. The molecule has 0 bridgehead atoms. The minimum atomic E-state index is -0.150. The summed E-state index contributed by atoms with van der Waals surface area (Å²) in [5.74, 6) is 0.216. The highest BCUT2D eigenvalue weighted by molar-refractivity contribution is 5.95. The van der Waals surface area contributed by atoms with Gasteiger partial charge >= 0.3 is 0 Å². The molecule has 1 aromatic carbocycles. The van der Waals surface area contributed by atoms with Crippen molar-refractivity contribution < 1.29 is 9.53 Å². The fourth-order valence-corrected chi connectivity index (χ4v) is 1.77. The molecule has 0 saturated carbocycles. The van der Waals surface area contributed by atoms with E-state index in [-0.39, 0.29) is 12.5 Å². The lowest BCUT2D eigenvalue weighted by Gasteiger charge is -2.09. The standard InChI is InChI=1S/C15H21N3O2/c1-2-3-4-5-9-18-15(19)12-6-7-13(17)14(11-12)20-10-8-16/h6-7,11H,2-5,9-10,17H2,1H3,(H,18,19). The van der Waals surface area contributed by atoms with Crippen molar-refractivity contribution in [2.45, 2.75) is 32.6 Å². The maximum Gasteiger partial charge on any atom is 0.251 e. The van der Waals surface area contributed by atoms with Crippen LogP contribution in [-0.4, -0.2) is 19.1 Å². The molecule has 20 heavy (non-hydrogen) atoms. The lowest BCUT2D eigenvalue weighted by atomic mass is 10.1. The Morgan fingerprint density at radius 2 is 2.20 bits per heavy atom. The summed E-state index contributed by atoms with van der Waals surface area (Å²) in [5, 5.41) is 11.3. The Kier molecular flexibility index (Phi) is 6.97. The van der Waals surface area contributed by atoms with E-state index in [0.29, 0.717) is 23.5 Å². The third kappa shape index (κ3) is 5.19. The van der Waals surface area contributed by atoms with E-state index >= 15 is 0 Å². The van der Waals surface area contributed by atoms with Crippen molar-refractivity contribution in [1.29, 1.82) is 5.26 Å². The number of anilines is 1. The summed E-state index contributed by atoms with van der Waals surface area (Å²) in [6, 6.07) is 6.69. The summed E-state index contributed by atoms with van der Waals surface area (Å²) < 4.78 is 5.17. The van der Waals surface area contributed by atoms with Crippen molar-refractivity contribution >= 4 is 11.6 Å². The van der Waals surface area contributed by atoms with Crippen LogP contribution in [0.15, 0.2) is 18.2 Å². The maximum absolute atomic E-state index is 11.9. The molecule has 0 spiro atoms. The predicted molar refractivity (Wildman–Crippen MR) is 78.4 cm³/mol. The van der Waals surface area contributed by atoms with Gasteiger partial charge in [-0.25, -0.2) is 0 Å². The van der Waals surface area contributed by atoms with Gasteiger partial charge in [0.15, 0.2) is 6.61 Å². The molecule has 0 saturated heterocycles. The highest BCUT2D eigenvalue weighted by atomic mass is 16.5. The Balaban J connectivity index is 2.53. The quantitative estimate of drug-likeness (QED) is 0.563. The second-order valence-electron chi connectivity index (χ2n) is 4.52. The lowest BCUT2D eigenvalue weighted by Crippen LogP contribution is -2.24. The number of carbonyl (C=O) groups is 1.